The van der Waals surface area contributed by atoms with Crippen LogP contribution in [-0.4, -0.2) is 34.5 Å². The number of ether oxygens (including phenoxy) is 3. The van der Waals surface area contributed by atoms with Crippen molar-refractivity contribution in [2.45, 2.75) is 38.5 Å². The van der Waals surface area contributed by atoms with Crippen LogP contribution in [-0.2, 0) is 9.47 Å². The van der Waals surface area contributed by atoms with Gasteiger partial charge in [-0.05, 0) is 56.5 Å². The molecule has 1 fully saturated rings. The summed E-state index contributed by atoms with van der Waals surface area (Å²) in [6.07, 6.45) is 5.53. The molecule has 4 aromatic rings. The fourth-order valence-electron chi connectivity index (χ4n) is 4.53. The summed E-state index contributed by atoms with van der Waals surface area (Å²) in [7, 11) is 1.37. The largest absolute Gasteiger partial charge is 0.486 e. The number of fused-ring (bicyclic) bond motifs is 1. The molecule has 1 aliphatic heterocycles. The third-order valence-electron chi connectivity index (χ3n) is 6.27. The zero-order valence-electron chi connectivity index (χ0n) is 19.9. The van der Waals surface area contributed by atoms with Crippen molar-refractivity contribution in [2.24, 2.45) is 0 Å². The zero-order chi connectivity index (χ0) is 25.2. The van der Waals surface area contributed by atoms with Crippen molar-refractivity contribution in [3.8, 4) is 17.0 Å². The molecule has 1 unspecified atom stereocenters. The van der Waals surface area contributed by atoms with E-state index in [9.17, 15) is 4.79 Å². The molecule has 0 saturated carbocycles. The lowest BCUT2D eigenvalue weighted by Crippen LogP contribution is -2.19. The molecular formula is C27H25Cl2N3O4. The monoisotopic (exact) mass is 525 g/mol. The highest BCUT2D eigenvalue weighted by atomic mass is 35.5. The second kappa shape index (κ2) is 10.5. The third-order valence-corrected chi connectivity index (χ3v) is 6.88. The van der Waals surface area contributed by atoms with Crippen molar-refractivity contribution in [3.63, 3.8) is 0 Å². The molecule has 2 atom stereocenters. The summed E-state index contributed by atoms with van der Waals surface area (Å²) in [4.78, 5) is 16.2. The highest BCUT2D eigenvalue weighted by molar-refractivity contribution is 6.35. The molecule has 7 nitrogen and oxygen atoms in total. The number of rotatable bonds is 6. The van der Waals surface area contributed by atoms with Crippen LogP contribution in [0.2, 0.25) is 10.0 Å². The van der Waals surface area contributed by atoms with E-state index in [0.29, 0.717) is 33.5 Å². The quantitative estimate of drug-likeness (QED) is 0.251. The molecule has 1 aliphatic rings. The summed E-state index contributed by atoms with van der Waals surface area (Å²) in [6, 6.07) is 13.1. The molecule has 36 heavy (non-hydrogen) atoms. The molecule has 0 amide bonds. The fraction of sp³-hybridized carbons (Fsp3) is 0.296. The maximum atomic E-state index is 12.2. The smallest absolute Gasteiger partial charge is 0.337 e. The number of esters is 1. The first-order chi connectivity index (χ1) is 17.5. The minimum absolute atomic E-state index is 0.154. The first-order valence-corrected chi connectivity index (χ1v) is 12.5. The van der Waals surface area contributed by atoms with Crippen LogP contribution in [0, 0.1) is 0 Å². The Kier molecular flexibility index (Phi) is 7.14. The molecule has 0 radical (unpaired) electrons. The number of halogens is 2. The molecule has 5 rings (SSSR count). The third kappa shape index (κ3) is 4.78. The van der Waals surface area contributed by atoms with Crippen molar-refractivity contribution in [1.82, 2.24) is 14.8 Å². The number of nitrogens with zero attached hydrogens (tertiary/aromatic N) is 3. The average molecular weight is 526 g/mol. The van der Waals surface area contributed by atoms with Gasteiger partial charge in [0.25, 0.3) is 0 Å². The van der Waals surface area contributed by atoms with Gasteiger partial charge >= 0.3 is 5.97 Å². The number of hydrogen-bond acceptors (Lipinski definition) is 6. The Morgan fingerprint density at radius 2 is 1.94 bits per heavy atom. The second-order valence-corrected chi connectivity index (χ2v) is 9.46. The van der Waals surface area contributed by atoms with Crippen LogP contribution in [0.4, 0.5) is 0 Å². The van der Waals surface area contributed by atoms with Gasteiger partial charge in [0.05, 0.1) is 28.2 Å². The van der Waals surface area contributed by atoms with Crippen LogP contribution in [0.15, 0.2) is 54.9 Å². The van der Waals surface area contributed by atoms with Crippen LogP contribution in [0.25, 0.3) is 22.2 Å². The molecule has 3 heterocycles. The first-order valence-electron chi connectivity index (χ1n) is 11.7. The van der Waals surface area contributed by atoms with Crippen LogP contribution < -0.4 is 4.74 Å². The van der Waals surface area contributed by atoms with Gasteiger partial charge in [-0.3, -0.25) is 4.98 Å². The second-order valence-electron chi connectivity index (χ2n) is 8.64. The summed E-state index contributed by atoms with van der Waals surface area (Å²) in [5.74, 6) is 0.230. The summed E-state index contributed by atoms with van der Waals surface area (Å²) in [6.45, 7) is 2.59. The van der Waals surface area contributed by atoms with Gasteiger partial charge in [0.15, 0.2) is 6.23 Å². The summed E-state index contributed by atoms with van der Waals surface area (Å²) < 4.78 is 19.1. The Bertz CT molecular complexity index is 1400. The number of methoxy groups -OCH3 is 1. The lowest BCUT2D eigenvalue weighted by Gasteiger charge is -2.23. The van der Waals surface area contributed by atoms with E-state index in [0.717, 1.165) is 41.4 Å². The Morgan fingerprint density at radius 1 is 1.14 bits per heavy atom. The predicted molar refractivity (Wildman–Crippen MR) is 139 cm³/mol. The first kappa shape index (κ1) is 24.6. The van der Waals surface area contributed by atoms with Gasteiger partial charge in [-0.15, -0.1) is 0 Å². The maximum absolute atomic E-state index is 12.2. The molecule has 0 aliphatic carbocycles. The lowest BCUT2D eigenvalue weighted by atomic mass is 10.0. The molecule has 1 saturated heterocycles. The van der Waals surface area contributed by atoms with E-state index in [4.69, 9.17) is 42.5 Å². The number of aromatic nitrogens is 3. The number of carbonyl (C=O) groups is 1. The maximum Gasteiger partial charge on any atom is 0.337 e. The normalized spacial score (nSPS) is 16.6. The minimum atomic E-state index is -0.409. The Morgan fingerprint density at radius 3 is 2.67 bits per heavy atom. The fourth-order valence-corrected chi connectivity index (χ4v) is 5.20. The van der Waals surface area contributed by atoms with Crippen molar-refractivity contribution < 1.29 is 19.0 Å². The van der Waals surface area contributed by atoms with Crippen LogP contribution in [0.5, 0.6) is 5.75 Å². The van der Waals surface area contributed by atoms with E-state index in [1.807, 2.05) is 41.9 Å². The van der Waals surface area contributed by atoms with E-state index in [1.165, 1.54) is 7.11 Å². The van der Waals surface area contributed by atoms with Gasteiger partial charge in [0.1, 0.15) is 17.5 Å². The summed E-state index contributed by atoms with van der Waals surface area (Å²) >= 11 is 12.7. The lowest BCUT2D eigenvalue weighted by molar-refractivity contribution is -0.0365. The van der Waals surface area contributed by atoms with Crippen molar-refractivity contribution in [3.05, 3.63) is 76.0 Å². The zero-order valence-corrected chi connectivity index (χ0v) is 21.4. The van der Waals surface area contributed by atoms with Gasteiger partial charge in [-0.1, -0.05) is 35.3 Å². The molecule has 0 spiro atoms. The Labute approximate surface area is 218 Å². The van der Waals surface area contributed by atoms with Gasteiger partial charge in [0.2, 0.25) is 0 Å². The van der Waals surface area contributed by atoms with E-state index in [-0.39, 0.29) is 6.23 Å². The van der Waals surface area contributed by atoms with Crippen LogP contribution in [0.1, 0.15) is 54.4 Å². The molecular weight excluding hydrogens is 501 g/mol. The topological polar surface area (TPSA) is 75.5 Å². The number of hydrogen-bond donors (Lipinski definition) is 0. The van der Waals surface area contributed by atoms with Crippen molar-refractivity contribution in [2.75, 3.05) is 13.7 Å². The van der Waals surface area contributed by atoms with E-state index >= 15 is 0 Å². The SMILES string of the molecule is COC(=O)c1cccc(-c2nn(C3CCCCO3)c3ccc(O[C@H](C)c4c(Cl)cncc4Cl)cc23)c1. The molecule has 2 aromatic carbocycles. The van der Waals surface area contributed by atoms with Crippen LogP contribution in [0.3, 0.4) is 0 Å². The average Bonchev–Trinajstić information content (AvgIpc) is 3.27. The van der Waals surface area contributed by atoms with Gasteiger partial charge in [-0.25, -0.2) is 9.48 Å². The minimum Gasteiger partial charge on any atom is -0.486 e. The molecule has 2 aromatic heterocycles. The molecule has 0 N–H and O–H groups in total. The Balaban J connectivity index is 1.59. The summed E-state index contributed by atoms with van der Waals surface area (Å²) in [5.41, 5.74) is 3.56. The van der Waals surface area contributed by atoms with Crippen LogP contribution >= 0.6 is 23.2 Å². The molecule has 0 bridgehead atoms. The Hall–Kier alpha value is -3.13. The van der Waals surface area contributed by atoms with E-state index in [2.05, 4.69) is 4.98 Å². The predicted octanol–water partition coefficient (Wildman–Crippen LogP) is 7.03. The molecule has 9 heteroatoms. The number of carbonyl (C=O) groups excluding carboxylic acids is 1. The van der Waals surface area contributed by atoms with Crippen molar-refractivity contribution >= 4 is 40.1 Å². The standard InChI is InChI=1S/C27H25Cl2N3O4/c1-16(25-21(28)14-30-15-22(25)29)36-19-9-10-23-20(13-19)26(31-32(23)24-8-3-4-11-35-24)17-6-5-7-18(12-17)27(33)34-2/h5-7,9-10,12-16,24H,3-4,8,11H2,1-2H3/t16-,24?/m1/s1. The van der Waals surface area contributed by atoms with E-state index < -0.39 is 12.1 Å². The number of benzene rings is 2. The molecule has 186 valence electrons. The highest BCUT2D eigenvalue weighted by Crippen LogP contribution is 2.37. The number of pyridine rings is 1. The van der Waals surface area contributed by atoms with E-state index in [1.54, 1.807) is 24.5 Å². The van der Waals surface area contributed by atoms with Crippen molar-refractivity contribution in [1.29, 1.82) is 0 Å². The van der Waals surface area contributed by atoms with Gasteiger partial charge in [0, 0.05) is 35.5 Å². The highest BCUT2D eigenvalue weighted by Gasteiger charge is 2.23. The van der Waals surface area contributed by atoms with Gasteiger partial charge in [-0.2, -0.15) is 5.10 Å². The summed E-state index contributed by atoms with van der Waals surface area (Å²) in [5, 5.41) is 6.71. The van der Waals surface area contributed by atoms with Gasteiger partial charge < -0.3 is 14.2 Å².